The van der Waals surface area contributed by atoms with Gasteiger partial charge in [-0.3, -0.25) is 9.78 Å². The van der Waals surface area contributed by atoms with Crippen molar-refractivity contribution in [2.45, 2.75) is 6.17 Å². The third-order valence-corrected chi connectivity index (χ3v) is 2.34. The van der Waals surface area contributed by atoms with E-state index in [4.69, 9.17) is 22.1 Å². The van der Waals surface area contributed by atoms with Crippen LogP contribution in [0.1, 0.15) is 11.9 Å². The predicted octanol–water partition coefficient (Wildman–Crippen LogP) is 2.51. The first-order chi connectivity index (χ1) is 7.56. The van der Waals surface area contributed by atoms with Crippen LogP contribution >= 0.6 is 27.5 Å². The minimum atomic E-state index is -1.13. The number of carbonyl (C=O) groups is 1. The van der Waals surface area contributed by atoms with Crippen LogP contribution in [0.5, 0.6) is 0 Å². The van der Waals surface area contributed by atoms with Gasteiger partial charge in [0.25, 0.3) is 6.47 Å². The topological polar surface area (TPSA) is 65.2 Å². The Balaban J connectivity index is 0.000000487. The minimum Gasteiger partial charge on any atom is -0.471 e. The molecule has 1 heterocycles. The van der Waals surface area contributed by atoms with Crippen LogP contribution < -0.4 is 5.73 Å². The summed E-state index contributed by atoms with van der Waals surface area (Å²) >= 11 is 8.61. The van der Waals surface area contributed by atoms with E-state index in [-0.39, 0.29) is 5.33 Å². The van der Waals surface area contributed by atoms with Gasteiger partial charge in [0.05, 0.1) is 23.5 Å². The Morgan fingerprint density at radius 1 is 1.81 bits per heavy atom. The van der Waals surface area contributed by atoms with Crippen LogP contribution in [0.4, 0.5) is 10.1 Å². The number of hydrogen-bond donors (Lipinski definition) is 1. The van der Waals surface area contributed by atoms with E-state index in [0.29, 0.717) is 22.9 Å². The maximum atomic E-state index is 13.0. The van der Waals surface area contributed by atoms with Crippen molar-refractivity contribution in [2.24, 2.45) is 0 Å². The van der Waals surface area contributed by atoms with Gasteiger partial charge >= 0.3 is 0 Å². The Kier molecular flexibility index (Phi) is 7.84. The number of rotatable bonds is 3. The summed E-state index contributed by atoms with van der Waals surface area (Å²) in [6.45, 7) is 0.375. The third-order valence-electron chi connectivity index (χ3n) is 1.46. The van der Waals surface area contributed by atoms with Gasteiger partial charge in [-0.2, -0.15) is 0 Å². The molecule has 0 aliphatic heterocycles. The van der Waals surface area contributed by atoms with Gasteiger partial charge in [-0.15, -0.1) is 0 Å². The molecule has 0 saturated carbocycles. The summed E-state index contributed by atoms with van der Waals surface area (Å²) in [5, 5.41) is 0.557. The largest absolute Gasteiger partial charge is 0.471 e. The second-order valence-electron chi connectivity index (χ2n) is 2.58. The van der Waals surface area contributed by atoms with E-state index in [1.807, 2.05) is 0 Å². The summed E-state index contributed by atoms with van der Waals surface area (Å²) in [6, 6.07) is 1.44. The molecule has 0 radical (unpaired) electrons. The Morgan fingerprint density at radius 3 is 2.75 bits per heavy atom. The molecule has 1 aromatic rings. The normalized spacial score (nSPS) is 11.0. The highest BCUT2D eigenvalue weighted by atomic mass is 79.9. The summed E-state index contributed by atoms with van der Waals surface area (Å²) < 4.78 is 16.8. The number of alkyl halides is 2. The smallest absolute Gasteiger partial charge is 0.292 e. The number of carbonyl (C=O) groups excluding carboxylic acids is 1. The summed E-state index contributed by atoms with van der Waals surface area (Å²) in [5.74, 6) is 0. The molecule has 1 atom stereocenters. The van der Waals surface area contributed by atoms with Crippen molar-refractivity contribution < 1.29 is 13.9 Å². The Bertz CT molecular complexity index is 341. The number of nitrogens with two attached hydrogens (primary N) is 1. The molecule has 0 aliphatic rings. The highest BCUT2D eigenvalue weighted by Crippen LogP contribution is 2.23. The Hall–Kier alpha value is -0.880. The van der Waals surface area contributed by atoms with Crippen LogP contribution in [0.25, 0.3) is 0 Å². The van der Waals surface area contributed by atoms with Crippen LogP contribution in [0.3, 0.4) is 0 Å². The maximum Gasteiger partial charge on any atom is 0.292 e. The number of hydrogen-bond acceptors (Lipinski definition) is 4. The van der Waals surface area contributed by atoms with E-state index in [1.54, 1.807) is 0 Å². The van der Waals surface area contributed by atoms with E-state index < -0.39 is 6.17 Å². The quantitative estimate of drug-likeness (QED) is 0.688. The van der Waals surface area contributed by atoms with E-state index in [2.05, 4.69) is 25.7 Å². The van der Waals surface area contributed by atoms with Crippen molar-refractivity contribution in [1.82, 2.24) is 4.98 Å². The highest BCUT2D eigenvalue weighted by molar-refractivity contribution is 9.09. The van der Waals surface area contributed by atoms with Crippen molar-refractivity contribution in [3.05, 3.63) is 23.0 Å². The zero-order valence-electron chi connectivity index (χ0n) is 8.49. The first-order valence-electron chi connectivity index (χ1n) is 4.14. The monoisotopic (exact) mass is 312 g/mol. The van der Waals surface area contributed by atoms with Crippen molar-refractivity contribution in [3.8, 4) is 0 Å². The predicted molar refractivity (Wildman–Crippen MR) is 64.4 cm³/mol. The Morgan fingerprint density at radius 2 is 2.38 bits per heavy atom. The fourth-order valence-electron chi connectivity index (χ4n) is 0.722. The fraction of sp³-hybridized carbons (Fsp3) is 0.333. The second-order valence-corrected chi connectivity index (χ2v) is 3.64. The van der Waals surface area contributed by atoms with Gasteiger partial charge in [-0.05, 0) is 6.07 Å². The standard InChI is InChI=1S/C7H7BrClFN2.C2H4O2/c8-2-5(10)7-1-6(11)4(9)3-12-7;1-4-2-3/h1,3,5H,2H2,(H2,11,12);2H,1H3. The van der Waals surface area contributed by atoms with Crippen LogP contribution in [0.2, 0.25) is 5.02 Å². The first-order valence-corrected chi connectivity index (χ1v) is 5.64. The lowest BCUT2D eigenvalue weighted by atomic mass is 10.2. The molecule has 0 fully saturated rings. The summed E-state index contributed by atoms with van der Waals surface area (Å²) in [6.07, 6.45) is 0.214. The second kappa shape index (κ2) is 8.29. The van der Waals surface area contributed by atoms with Crippen molar-refractivity contribution >= 4 is 39.7 Å². The van der Waals surface area contributed by atoms with Crippen molar-refractivity contribution in [1.29, 1.82) is 0 Å². The zero-order valence-corrected chi connectivity index (χ0v) is 10.8. The molecular formula is C9H11BrClFN2O2. The summed E-state index contributed by atoms with van der Waals surface area (Å²) in [7, 11) is 1.31. The molecule has 90 valence electrons. The van der Waals surface area contributed by atoms with Crippen LogP contribution in [-0.2, 0) is 9.53 Å². The number of nitrogen functional groups attached to an aromatic ring is 1. The fourth-order valence-corrected chi connectivity index (χ4v) is 1.16. The number of methoxy groups -OCH3 is 1. The molecule has 0 spiro atoms. The molecule has 0 saturated heterocycles. The SMILES string of the molecule is COC=O.Nc1cc(C(F)CBr)ncc1Cl. The summed E-state index contributed by atoms with van der Waals surface area (Å²) in [4.78, 5) is 12.7. The van der Waals surface area contributed by atoms with Gasteiger partial charge in [0.15, 0.2) is 6.17 Å². The Labute approximate surface area is 106 Å². The lowest BCUT2D eigenvalue weighted by Gasteiger charge is -2.04. The van der Waals surface area contributed by atoms with Gasteiger partial charge in [0, 0.05) is 11.5 Å². The molecule has 1 rings (SSSR count). The van der Waals surface area contributed by atoms with Crippen LogP contribution in [-0.4, -0.2) is 23.9 Å². The van der Waals surface area contributed by atoms with Gasteiger partial charge < -0.3 is 10.5 Å². The molecule has 2 N–H and O–H groups in total. The number of anilines is 1. The molecule has 7 heteroatoms. The molecule has 0 amide bonds. The average Bonchev–Trinajstić information content (AvgIpc) is 2.32. The van der Waals surface area contributed by atoms with Gasteiger partial charge in [-0.1, -0.05) is 27.5 Å². The number of ether oxygens (including phenoxy) is 1. The van der Waals surface area contributed by atoms with E-state index in [9.17, 15) is 4.39 Å². The van der Waals surface area contributed by atoms with Crippen LogP contribution in [0.15, 0.2) is 12.3 Å². The molecule has 0 aromatic carbocycles. The number of pyridine rings is 1. The lowest BCUT2D eigenvalue weighted by molar-refractivity contribution is -0.126. The van der Waals surface area contributed by atoms with Crippen molar-refractivity contribution in [2.75, 3.05) is 18.2 Å². The van der Waals surface area contributed by atoms with E-state index >= 15 is 0 Å². The molecule has 16 heavy (non-hydrogen) atoms. The maximum absolute atomic E-state index is 13.0. The van der Waals surface area contributed by atoms with Crippen molar-refractivity contribution in [3.63, 3.8) is 0 Å². The average molecular weight is 314 g/mol. The van der Waals surface area contributed by atoms with Crippen LogP contribution in [0, 0.1) is 0 Å². The van der Waals surface area contributed by atoms with Gasteiger partial charge in [0.1, 0.15) is 0 Å². The molecule has 0 aliphatic carbocycles. The summed E-state index contributed by atoms with van der Waals surface area (Å²) in [5.41, 5.74) is 6.11. The molecule has 1 unspecified atom stereocenters. The number of nitrogens with zero attached hydrogens (tertiary/aromatic N) is 1. The van der Waals surface area contributed by atoms with E-state index in [0.717, 1.165) is 0 Å². The molecular weight excluding hydrogens is 302 g/mol. The lowest BCUT2D eigenvalue weighted by Crippen LogP contribution is -1.98. The minimum absolute atomic E-state index is 0.209. The van der Waals surface area contributed by atoms with E-state index in [1.165, 1.54) is 19.4 Å². The molecule has 4 nitrogen and oxygen atoms in total. The van der Waals surface area contributed by atoms with Gasteiger partial charge in [0.2, 0.25) is 0 Å². The number of aromatic nitrogens is 1. The van der Waals surface area contributed by atoms with Gasteiger partial charge in [-0.25, -0.2) is 4.39 Å². The third kappa shape index (κ3) is 5.27. The first kappa shape index (κ1) is 15.1. The zero-order chi connectivity index (χ0) is 12.6. The number of halogens is 3. The highest BCUT2D eigenvalue weighted by Gasteiger charge is 2.10. The molecule has 0 bridgehead atoms. The molecule has 1 aromatic heterocycles.